The predicted molar refractivity (Wildman–Crippen MR) is 86.2 cm³/mol. The van der Waals surface area contributed by atoms with Crippen molar-refractivity contribution in [2.75, 3.05) is 18.0 Å². The lowest BCUT2D eigenvalue weighted by Gasteiger charge is -2.26. The van der Waals surface area contributed by atoms with Crippen molar-refractivity contribution < 1.29 is 0 Å². The SMILES string of the molecule is Cc1cccc(-c2ccc3c(c2)CCN3C(C)CN)c1. The number of rotatable bonds is 3. The molecule has 1 atom stereocenters. The van der Waals surface area contributed by atoms with Gasteiger partial charge < -0.3 is 10.6 Å². The van der Waals surface area contributed by atoms with Crippen molar-refractivity contribution in [1.82, 2.24) is 0 Å². The van der Waals surface area contributed by atoms with Gasteiger partial charge in [-0.1, -0.05) is 35.9 Å². The second-order valence-electron chi connectivity index (χ2n) is 5.74. The van der Waals surface area contributed by atoms with Crippen LogP contribution in [0.2, 0.25) is 0 Å². The highest BCUT2D eigenvalue weighted by Crippen LogP contribution is 2.33. The van der Waals surface area contributed by atoms with E-state index < -0.39 is 0 Å². The average molecular weight is 266 g/mol. The second kappa shape index (κ2) is 5.29. The zero-order valence-corrected chi connectivity index (χ0v) is 12.3. The Labute approximate surface area is 121 Å². The highest BCUT2D eigenvalue weighted by Gasteiger charge is 2.22. The van der Waals surface area contributed by atoms with Crippen LogP contribution < -0.4 is 10.6 Å². The van der Waals surface area contributed by atoms with Crippen molar-refractivity contribution in [2.45, 2.75) is 26.3 Å². The first-order chi connectivity index (χ1) is 9.69. The van der Waals surface area contributed by atoms with Gasteiger partial charge in [0.2, 0.25) is 0 Å². The molecule has 0 radical (unpaired) electrons. The number of benzene rings is 2. The number of aryl methyl sites for hydroxylation is 1. The molecule has 2 aromatic carbocycles. The standard InChI is InChI=1S/C18H22N2/c1-13-4-3-5-15(10-13)16-6-7-18-17(11-16)8-9-20(18)14(2)12-19/h3-7,10-11,14H,8-9,12,19H2,1-2H3. The third-order valence-electron chi connectivity index (χ3n) is 4.24. The van der Waals surface area contributed by atoms with Crippen LogP contribution in [0.15, 0.2) is 42.5 Å². The summed E-state index contributed by atoms with van der Waals surface area (Å²) < 4.78 is 0. The van der Waals surface area contributed by atoms with Crippen molar-refractivity contribution in [1.29, 1.82) is 0 Å². The van der Waals surface area contributed by atoms with Crippen molar-refractivity contribution in [2.24, 2.45) is 5.73 Å². The number of nitrogens with two attached hydrogens (primary N) is 1. The molecule has 0 saturated carbocycles. The van der Waals surface area contributed by atoms with Gasteiger partial charge in [-0.3, -0.25) is 0 Å². The molecule has 1 aliphatic rings. The summed E-state index contributed by atoms with van der Waals surface area (Å²) in [5, 5.41) is 0. The molecule has 3 rings (SSSR count). The molecule has 1 heterocycles. The van der Waals surface area contributed by atoms with E-state index in [1.165, 1.54) is 27.9 Å². The van der Waals surface area contributed by atoms with E-state index in [1.807, 2.05) is 0 Å². The minimum Gasteiger partial charge on any atom is -0.367 e. The fourth-order valence-corrected chi connectivity index (χ4v) is 3.02. The molecule has 2 nitrogen and oxygen atoms in total. The molecule has 2 heteroatoms. The minimum absolute atomic E-state index is 0.418. The molecule has 0 bridgehead atoms. The molecule has 104 valence electrons. The maximum Gasteiger partial charge on any atom is 0.0402 e. The Balaban J connectivity index is 1.95. The Kier molecular flexibility index (Phi) is 3.49. The monoisotopic (exact) mass is 266 g/mol. The van der Waals surface area contributed by atoms with Crippen molar-refractivity contribution in [3.8, 4) is 11.1 Å². The Hall–Kier alpha value is -1.80. The topological polar surface area (TPSA) is 29.3 Å². The zero-order valence-electron chi connectivity index (χ0n) is 12.3. The smallest absolute Gasteiger partial charge is 0.0402 e. The average Bonchev–Trinajstić information content (AvgIpc) is 2.89. The number of hydrogen-bond donors (Lipinski definition) is 1. The van der Waals surface area contributed by atoms with E-state index >= 15 is 0 Å². The molecule has 0 amide bonds. The molecular formula is C18H22N2. The van der Waals surface area contributed by atoms with Gasteiger partial charge in [-0.25, -0.2) is 0 Å². The molecule has 1 unspecified atom stereocenters. The van der Waals surface area contributed by atoms with Gasteiger partial charge in [-0.15, -0.1) is 0 Å². The van der Waals surface area contributed by atoms with E-state index in [-0.39, 0.29) is 0 Å². The number of anilines is 1. The van der Waals surface area contributed by atoms with E-state index in [4.69, 9.17) is 5.73 Å². The molecule has 0 spiro atoms. The summed E-state index contributed by atoms with van der Waals surface area (Å²) in [5.74, 6) is 0. The first kappa shape index (κ1) is 13.2. The lowest BCUT2D eigenvalue weighted by molar-refractivity contribution is 0.663. The van der Waals surface area contributed by atoms with Gasteiger partial charge in [0, 0.05) is 24.8 Å². The summed E-state index contributed by atoms with van der Waals surface area (Å²) in [6.45, 7) is 6.13. The molecule has 0 aromatic heterocycles. The molecule has 2 N–H and O–H groups in total. The molecule has 0 aliphatic carbocycles. The van der Waals surface area contributed by atoms with Gasteiger partial charge in [0.15, 0.2) is 0 Å². The summed E-state index contributed by atoms with van der Waals surface area (Å²) in [7, 11) is 0. The van der Waals surface area contributed by atoms with Gasteiger partial charge in [-0.2, -0.15) is 0 Å². The van der Waals surface area contributed by atoms with Gasteiger partial charge in [0.25, 0.3) is 0 Å². The Morgan fingerprint density at radius 3 is 2.70 bits per heavy atom. The van der Waals surface area contributed by atoms with E-state index in [2.05, 4.69) is 61.2 Å². The van der Waals surface area contributed by atoms with Gasteiger partial charge in [-0.05, 0) is 49.1 Å². The summed E-state index contributed by atoms with van der Waals surface area (Å²) >= 11 is 0. The maximum absolute atomic E-state index is 5.80. The van der Waals surface area contributed by atoms with E-state index in [0.29, 0.717) is 12.6 Å². The lowest BCUT2D eigenvalue weighted by Crippen LogP contribution is -2.37. The summed E-state index contributed by atoms with van der Waals surface area (Å²) in [5.41, 5.74) is 12.5. The molecule has 20 heavy (non-hydrogen) atoms. The van der Waals surface area contributed by atoms with Crippen LogP contribution in [0.3, 0.4) is 0 Å². The molecule has 1 aliphatic heterocycles. The van der Waals surface area contributed by atoms with Crippen LogP contribution in [0.5, 0.6) is 0 Å². The minimum atomic E-state index is 0.418. The van der Waals surface area contributed by atoms with Gasteiger partial charge in [0.05, 0.1) is 0 Å². The zero-order chi connectivity index (χ0) is 14.1. The first-order valence-corrected chi connectivity index (χ1v) is 7.35. The quantitative estimate of drug-likeness (QED) is 0.923. The number of fused-ring (bicyclic) bond motifs is 1. The van der Waals surface area contributed by atoms with Crippen LogP contribution in [-0.4, -0.2) is 19.1 Å². The number of hydrogen-bond acceptors (Lipinski definition) is 2. The van der Waals surface area contributed by atoms with Gasteiger partial charge >= 0.3 is 0 Å². The maximum atomic E-state index is 5.80. The third-order valence-corrected chi connectivity index (χ3v) is 4.24. The van der Waals surface area contributed by atoms with Gasteiger partial charge in [0.1, 0.15) is 0 Å². The van der Waals surface area contributed by atoms with Crippen LogP contribution in [0.4, 0.5) is 5.69 Å². The molecular weight excluding hydrogens is 244 g/mol. The predicted octanol–water partition coefficient (Wildman–Crippen LogP) is 3.37. The largest absolute Gasteiger partial charge is 0.367 e. The van der Waals surface area contributed by atoms with E-state index in [0.717, 1.165) is 13.0 Å². The van der Waals surface area contributed by atoms with Crippen LogP contribution in [0.25, 0.3) is 11.1 Å². The molecule has 0 saturated heterocycles. The summed E-state index contributed by atoms with van der Waals surface area (Å²) in [6.07, 6.45) is 1.12. The normalized spacial score (nSPS) is 15.2. The number of nitrogens with zero attached hydrogens (tertiary/aromatic N) is 1. The van der Waals surface area contributed by atoms with Crippen LogP contribution >= 0.6 is 0 Å². The Morgan fingerprint density at radius 2 is 1.95 bits per heavy atom. The lowest BCUT2D eigenvalue weighted by atomic mass is 10.0. The fourth-order valence-electron chi connectivity index (χ4n) is 3.02. The van der Waals surface area contributed by atoms with E-state index in [9.17, 15) is 0 Å². The van der Waals surface area contributed by atoms with Crippen molar-refractivity contribution >= 4 is 5.69 Å². The van der Waals surface area contributed by atoms with Crippen LogP contribution in [-0.2, 0) is 6.42 Å². The third kappa shape index (κ3) is 2.32. The highest BCUT2D eigenvalue weighted by atomic mass is 15.2. The van der Waals surface area contributed by atoms with E-state index in [1.54, 1.807) is 0 Å². The first-order valence-electron chi connectivity index (χ1n) is 7.35. The highest BCUT2D eigenvalue weighted by molar-refractivity contribution is 5.71. The van der Waals surface area contributed by atoms with Crippen LogP contribution in [0.1, 0.15) is 18.1 Å². The summed E-state index contributed by atoms with van der Waals surface area (Å²) in [4.78, 5) is 2.43. The fraction of sp³-hybridized carbons (Fsp3) is 0.333. The summed E-state index contributed by atoms with van der Waals surface area (Å²) in [6, 6.07) is 15.9. The Bertz CT molecular complexity index is 619. The second-order valence-corrected chi connectivity index (χ2v) is 5.74. The Morgan fingerprint density at radius 1 is 1.15 bits per heavy atom. The molecule has 2 aromatic rings. The van der Waals surface area contributed by atoms with Crippen LogP contribution in [0, 0.1) is 6.92 Å². The van der Waals surface area contributed by atoms with Crippen molar-refractivity contribution in [3.05, 3.63) is 53.6 Å². The molecule has 0 fully saturated rings. The van der Waals surface area contributed by atoms with Crippen molar-refractivity contribution in [3.63, 3.8) is 0 Å².